The van der Waals surface area contributed by atoms with Gasteiger partial charge in [-0.25, -0.2) is 0 Å². The van der Waals surface area contributed by atoms with Gasteiger partial charge < -0.3 is 9.30 Å². The van der Waals surface area contributed by atoms with Gasteiger partial charge in [-0.2, -0.15) is 0 Å². The van der Waals surface area contributed by atoms with E-state index in [0.29, 0.717) is 18.0 Å². The number of imide groups is 1. The zero-order valence-corrected chi connectivity index (χ0v) is 19.9. The first-order chi connectivity index (χ1) is 15.9. The van der Waals surface area contributed by atoms with Crippen LogP contribution in [-0.4, -0.2) is 39.2 Å². The van der Waals surface area contributed by atoms with E-state index in [1.54, 1.807) is 13.0 Å². The van der Waals surface area contributed by atoms with Gasteiger partial charge in [0.1, 0.15) is 6.54 Å². The molecule has 2 amide bonds. The summed E-state index contributed by atoms with van der Waals surface area (Å²) in [5, 5.41) is 1.15. The number of para-hydroxylation sites is 1. The molecule has 1 atom stereocenters. The molecular formula is C25H23ClN2O4S. The molecule has 33 heavy (non-hydrogen) atoms. The van der Waals surface area contributed by atoms with E-state index in [0.717, 1.165) is 38.7 Å². The molecular weight excluding hydrogens is 460 g/mol. The number of hydrogen-bond donors (Lipinski definition) is 0. The molecule has 4 rings (SSSR count). The molecule has 0 N–H and O–H groups in total. The Kier molecular flexibility index (Phi) is 6.91. The Bertz CT molecular complexity index is 1270. The fraction of sp³-hybridized carbons (Fsp3) is 0.240. The van der Waals surface area contributed by atoms with Crippen molar-refractivity contribution < 1.29 is 19.1 Å². The van der Waals surface area contributed by atoms with Crippen LogP contribution in [0.15, 0.2) is 59.6 Å². The third kappa shape index (κ3) is 4.99. The highest BCUT2D eigenvalue weighted by Crippen LogP contribution is 2.34. The number of amides is 2. The van der Waals surface area contributed by atoms with Crippen LogP contribution < -0.4 is 0 Å². The maximum atomic E-state index is 12.9. The number of hydrogen-bond acceptors (Lipinski definition) is 5. The van der Waals surface area contributed by atoms with Crippen molar-refractivity contribution in [3.63, 3.8) is 0 Å². The topological polar surface area (TPSA) is 68.6 Å². The number of thioether (sulfide) groups is 1. The molecule has 1 aliphatic rings. The monoisotopic (exact) mass is 482 g/mol. The summed E-state index contributed by atoms with van der Waals surface area (Å²) in [5.41, 5.74) is 2.77. The molecule has 8 heteroatoms. The molecule has 2 heterocycles. The Balaban J connectivity index is 1.61. The molecule has 1 fully saturated rings. The molecule has 170 valence electrons. The van der Waals surface area contributed by atoms with Gasteiger partial charge in [0.05, 0.1) is 11.0 Å². The van der Waals surface area contributed by atoms with Gasteiger partial charge in [0, 0.05) is 34.2 Å². The van der Waals surface area contributed by atoms with Gasteiger partial charge in [0.15, 0.2) is 0 Å². The second kappa shape index (κ2) is 9.85. The second-order valence-corrected chi connectivity index (χ2v) is 9.20. The summed E-state index contributed by atoms with van der Waals surface area (Å²) in [5.74, 6) is -1.08. The van der Waals surface area contributed by atoms with Crippen molar-refractivity contribution in [3.05, 3.63) is 75.8 Å². The van der Waals surface area contributed by atoms with Crippen LogP contribution in [0.3, 0.4) is 0 Å². The second-order valence-electron chi connectivity index (χ2n) is 7.80. The molecule has 3 aromatic rings. The van der Waals surface area contributed by atoms with Crippen LogP contribution in [0.5, 0.6) is 0 Å². The number of carbonyl (C=O) groups is 3. The SMILES string of the molecule is CC[C@H](C)OC(=O)CN1C(=O)S/C(=C/c2cn(Cc3ccccc3Cl)c3ccccc23)C1=O. The molecule has 0 saturated carbocycles. The predicted octanol–water partition coefficient (Wildman–Crippen LogP) is 5.72. The van der Waals surface area contributed by atoms with Gasteiger partial charge in [-0.3, -0.25) is 19.3 Å². The van der Waals surface area contributed by atoms with E-state index >= 15 is 0 Å². The minimum Gasteiger partial charge on any atom is -0.461 e. The van der Waals surface area contributed by atoms with E-state index in [4.69, 9.17) is 16.3 Å². The average molecular weight is 483 g/mol. The van der Waals surface area contributed by atoms with Crippen LogP contribution in [0.25, 0.3) is 17.0 Å². The van der Waals surface area contributed by atoms with Crippen LogP contribution in [0, 0.1) is 0 Å². The van der Waals surface area contributed by atoms with Gasteiger partial charge in [-0.1, -0.05) is 54.9 Å². The fourth-order valence-corrected chi connectivity index (χ4v) is 4.61. The van der Waals surface area contributed by atoms with E-state index in [9.17, 15) is 14.4 Å². The van der Waals surface area contributed by atoms with Crippen molar-refractivity contribution in [2.45, 2.75) is 32.9 Å². The predicted molar refractivity (Wildman–Crippen MR) is 131 cm³/mol. The van der Waals surface area contributed by atoms with Crippen LogP contribution in [0.2, 0.25) is 5.02 Å². The summed E-state index contributed by atoms with van der Waals surface area (Å²) < 4.78 is 7.28. The Morgan fingerprint density at radius 2 is 1.88 bits per heavy atom. The maximum absolute atomic E-state index is 12.9. The van der Waals surface area contributed by atoms with Crippen molar-refractivity contribution in [2.24, 2.45) is 0 Å². The Morgan fingerprint density at radius 1 is 1.15 bits per heavy atom. The number of carbonyl (C=O) groups excluding carboxylic acids is 3. The van der Waals surface area contributed by atoms with Crippen molar-refractivity contribution in [1.29, 1.82) is 0 Å². The van der Waals surface area contributed by atoms with Crippen LogP contribution in [-0.2, 0) is 20.9 Å². The Hall–Kier alpha value is -3.03. The van der Waals surface area contributed by atoms with E-state index in [-0.39, 0.29) is 17.6 Å². The maximum Gasteiger partial charge on any atom is 0.326 e. The smallest absolute Gasteiger partial charge is 0.326 e. The lowest BCUT2D eigenvalue weighted by atomic mass is 10.1. The van der Waals surface area contributed by atoms with Crippen molar-refractivity contribution in [3.8, 4) is 0 Å². The lowest BCUT2D eigenvalue weighted by Gasteiger charge is -2.14. The largest absolute Gasteiger partial charge is 0.461 e. The molecule has 1 aliphatic heterocycles. The summed E-state index contributed by atoms with van der Waals surface area (Å²) in [7, 11) is 0. The van der Waals surface area contributed by atoms with Gasteiger partial charge in [0.25, 0.3) is 11.1 Å². The Labute approximate surface area is 201 Å². The van der Waals surface area contributed by atoms with Crippen molar-refractivity contribution in [1.82, 2.24) is 9.47 Å². The van der Waals surface area contributed by atoms with E-state index in [2.05, 4.69) is 4.57 Å². The number of halogens is 1. The number of rotatable bonds is 7. The normalized spacial score (nSPS) is 16.1. The number of nitrogens with zero attached hydrogens (tertiary/aromatic N) is 2. The lowest BCUT2D eigenvalue weighted by molar-refractivity contribution is -0.150. The third-order valence-electron chi connectivity index (χ3n) is 5.47. The zero-order valence-electron chi connectivity index (χ0n) is 18.3. The molecule has 1 saturated heterocycles. The number of benzene rings is 2. The van der Waals surface area contributed by atoms with E-state index < -0.39 is 17.1 Å². The van der Waals surface area contributed by atoms with Crippen LogP contribution in [0.1, 0.15) is 31.4 Å². The van der Waals surface area contributed by atoms with Crippen molar-refractivity contribution in [2.75, 3.05) is 6.54 Å². The highest BCUT2D eigenvalue weighted by molar-refractivity contribution is 8.18. The van der Waals surface area contributed by atoms with Crippen molar-refractivity contribution >= 4 is 57.5 Å². The molecule has 0 aliphatic carbocycles. The fourth-order valence-electron chi connectivity index (χ4n) is 3.58. The molecule has 0 radical (unpaired) electrons. The minimum atomic E-state index is -0.593. The highest BCUT2D eigenvalue weighted by atomic mass is 35.5. The third-order valence-corrected chi connectivity index (χ3v) is 6.75. The molecule has 1 aromatic heterocycles. The average Bonchev–Trinajstić information content (AvgIpc) is 3.27. The molecule has 0 spiro atoms. The summed E-state index contributed by atoms with van der Waals surface area (Å²) in [6.07, 6.45) is 4.04. The first-order valence-electron chi connectivity index (χ1n) is 10.6. The summed E-state index contributed by atoms with van der Waals surface area (Å²) >= 11 is 7.18. The first kappa shape index (κ1) is 23.1. The summed E-state index contributed by atoms with van der Waals surface area (Å²) in [6, 6.07) is 15.5. The standard InChI is InChI=1S/C25H23ClN2O4S/c1-3-16(2)32-23(29)15-28-24(30)22(33-25(28)31)12-18-14-27(21-11-7-5-9-19(18)21)13-17-8-4-6-10-20(17)26/h4-12,14,16H,3,13,15H2,1-2H3/b22-12+/t16-/m0/s1. The molecule has 2 aromatic carbocycles. The minimum absolute atomic E-state index is 0.266. The number of fused-ring (bicyclic) bond motifs is 1. The summed E-state index contributed by atoms with van der Waals surface area (Å²) in [6.45, 7) is 3.84. The van der Waals surface area contributed by atoms with Crippen LogP contribution >= 0.6 is 23.4 Å². The summed E-state index contributed by atoms with van der Waals surface area (Å²) in [4.78, 5) is 38.6. The zero-order chi connectivity index (χ0) is 23.5. The lowest BCUT2D eigenvalue weighted by Crippen LogP contribution is -2.35. The van der Waals surface area contributed by atoms with Gasteiger partial charge in [0.2, 0.25) is 0 Å². The first-order valence-corrected chi connectivity index (χ1v) is 11.8. The molecule has 0 unspecified atom stereocenters. The van der Waals surface area contributed by atoms with Gasteiger partial charge >= 0.3 is 5.97 Å². The van der Waals surface area contributed by atoms with Crippen LogP contribution in [0.4, 0.5) is 4.79 Å². The number of ether oxygens (including phenoxy) is 1. The quantitative estimate of drug-likeness (QED) is 0.318. The van der Waals surface area contributed by atoms with E-state index in [1.165, 1.54) is 0 Å². The Morgan fingerprint density at radius 3 is 2.64 bits per heavy atom. The van der Waals surface area contributed by atoms with E-state index in [1.807, 2.05) is 61.7 Å². The highest BCUT2D eigenvalue weighted by Gasteiger charge is 2.37. The van der Waals surface area contributed by atoms with Gasteiger partial charge in [-0.05, 0) is 48.9 Å². The molecule has 0 bridgehead atoms. The van der Waals surface area contributed by atoms with Gasteiger partial charge in [-0.15, -0.1) is 0 Å². The molecule has 6 nitrogen and oxygen atoms in total. The number of esters is 1. The number of aromatic nitrogens is 1.